The number of carbonyl (C=O) groups excluding carboxylic acids is 2. The summed E-state index contributed by atoms with van der Waals surface area (Å²) >= 11 is 0. The Labute approximate surface area is 144 Å². The maximum Gasteiger partial charge on any atom is 0.327 e. The molecule has 0 spiro atoms. The Morgan fingerprint density at radius 3 is 1.92 bits per heavy atom. The van der Waals surface area contributed by atoms with Crippen LogP contribution in [0.4, 0.5) is 0 Å². The van der Waals surface area contributed by atoms with Crippen molar-refractivity contribution in [3.05, 3.63) is 0 Å². The molecule has 0 amide bonds. The molecule has 2 atom stereocenters. The Hall–Kier alpha value is -1.15. The molecule has 0 saturated heterocycles. The van der Waals surface area contributed by atoms with Gasteiger partial charge in [-0.05, 0) is 23.2 Å². The molecule has 0 aliphatic rings. The van der Waals surface area contributed by atoms with E-state index in [4.69, 9.17) is 9.29 Å². The molecule has 1 N–H and O–H groups in total. The van der Waals surface area contributed by atoms with Crippen molar-refractivity contribution in [2.75, 3.05) is 13.7 Å². The van der Waals surface area contributed by atoms with Crippen LogP contribution in [0.2, 0.25) is 0 Å². The molecule has 0 aliphatic heterocycles. The summed E-state index contributed by atoms with van der Waals surface area (Å²) in [4.78, 5) is 23.3. The van der Waals surface area contributed by atoms with Crippen LogP contribution >= 0.6 is 0 Å². The molecule has 0 saturated carbocycles. The van der Waals surface area contributed by atoms with E-state index in [9.17, 15) is 18.0 Å². The first-order valence-electron chi connectivity index (χ1n) is 7.77. The van der Waals surface area contributed by atoms with Gasteiger partial charge in [-0.3, -0.25) is 14.1 Å². The van der Waals surface area contributed by atoms with Crippen molar-refractivity contribution in [1.29, 1.82) is 0 Å². The normalized spacial score (nSPS) is 15.5. The van der Waals surface area contributed by atoms with Crippen molar-refractivity contribution in [2.24, 2.45) is 16.7 Å². The smallest absolute Gasteiger partial charge is 0.327 e. The molecule has 0 radical (unpaired) electrons. The Morgan fingerprint density at radius 2 is 1.58 bits per heavy atom. The highest BCUT2D eigenvalue weighted by Crippen LogP contribution is 2.36. The Bertz CT molecular complexity index is 538. The SMILES string of the molecule is COC(=O)CC(C(=O)OCC(CC(C)(C)C)C(C)(C)C)S(=O)(=O)O. The number of ether oxygens (including phenoxy) is 2. The number of rotatable bonds is 7. The number of methoxy groups -OCH3 is 1. The highest BCUT2D eigenvalue weighted by atomic mass is 32.2. The summed E-state index contributed by atoms with van der Waals surface area (Å²) < 4.78 is 41.3. The van der Waals surface area contributed by atoms with Crippen molar-refractivity contribution < 1.29 is 32.0 Å². The van der Waals surface area contributed by atoms with Crippen molar-refractivity contribution in [3.8, 4) is 0 Å². The largest absolute Gasteiger partial charge is 0.469 e. The van der Waals surface area contributed by atoms with E-state index >= 15 is 0 Å². The summed E-state index contributed by atoms with van der Waals surface area (Å²) in [5.41, 5.74) is -0.164. The topological polar surface area (TPSA) is 107 Å². The molecule has 0 bridgehead atoms. The van der Waals surface area contributed by atoms with E-state index in [-0.39, 0.29) is 23.4 Å². The van der Waals surface area contributed by atoms with Gasteiger partial charge in [0.05, 0.1) is 20.1 Å². The number of carbonyl (C=O) groups is 2. The van der Waals surface area contributed by atoms with E-state index in [2.05, 4.69) is 25.5 Å². The van der Waals surface area contributed by atoms with Crippen molar-refractivity contribution in [2.45, 2.75) is 59.6 Å². The highest BCUT2D eigenvalue weighted by molar-refractivity contribution is 7.87. The summed E-state index contributed by atoms with van der Waals surface area (Å²) in [7, 11) is -3.70. The maximum atomic E-state index is 12.1. The van der Waals surface area contributed by atoms with Crippen LogP contribution in [-0.2, 0) is 29.2 Å². The van der Waals surface area contributed by atoms with Gasteiger partial charge in [0, 0.05) is 0 Å². The van der Waals surface area contributed by atoms with Crippen molar-refractivity contribution in [1.82, 2.24) is 0 Å². The second-order valence-corrected chi connectivity index (χ2v) is 9.84. The molecule has 0 aromatic rings. The lowest BCUT2D eigenvalue weighted by Gasteiger charge is -2.35. The van der Waals surface area contributed by atoms with Crippen LogP contribution in [0.15, 0.2) is 0 Å². The average molecular weight is 366 g/mol. The third kappa shape index (κ3) is 8.63. The summed E-state index contributed by atoms with van der Waals surface area (Å²) in [5, 5.41) is -1.97. The number of hydrogen-bond acceptors (Lipinski definition) is 6. The van der Waals surface area contributed by atoms with Crippen molar-refractivity contribution in [3.63, 3.8) is 0 Å². The third-order valence-electron chi connectivity index (χ3n) is 3.71. The zero-order valence-corrected chi connectivity index (χ0v) is 16.4. The molecule has 8 heteroatoms. The van der Waals surface area contributed by atoms with Gasteiger partial charge in [-0.1, -0.05) is 41.5 Å². The lowest BCUT2D eigenvalue weighted by atomic mass is 9.72. The van der Waals surface area contributed by atoms with Gasteiger partial charge in [-0.25, -0.2) is 0 Å². The predicted octanol–water partition coefficient (Wildman–Crippen LogP) is 2.45. The zero-order chi connectivity index (χ0) is 19.3. The molecule has 0 rings (SSSR count). The maximum absolute atomic E-state index is 12.1. The first kappa shape index (κ1) is 22.9. The van der Waals surface area contributed by atoms with E-state index in [1.165, 1.54) is 0 Å². The second-order valence-electron chi connectivity index (χ2n) is 8.24. The second kappa shape index (κ2) is 8.29. The first-order valence-corrected chi connectivity index (χ1v) is 9.28. The minimum absolute atomic E-state index is 0.00116. The van der Waals surface area contributed by atoms with Gasteiger partial charge in [-0.15, -0.1) is 0 Å². The molecular weight excluding hydrogens is 336 g/mol. The Balaban J connectivity index is 5.11. The summed E-state index contributed by atoms with van der Waals surface area (Å²) in [6.45, 7) is 12.2. The van der Waals surface area contributed by atoms with Crippen LogP contribution in [0.3, 0.4) is 0 Å². The van der Waals surface area contributed by atoms with Crippen LogP contribution in [0.5, 0.6) is 0 Å². The van der Waals surface area contributed by atoms with Crippen LogP contribution in [0, 0.1) is 16.7 Å². The lowest BCUT2D eigenvalue weighted by Crippen LogP contribution is -2.37. The van der Waals surface area contributed by atoms with Crippen LogP contribution in [0.25, 0.3) is 0 Å². The molecule has 2 unspecified atom stereocenters. The van der Waals surface area contributed by atoms with Crippen LogP contribution in [0.1, 0.15) is 54.4 Å². The average Bonchev–Trinajstić information content (AvgIpc) is 2.36. The molecular formula is C16H30O7S. The molecule has 24 heavy (non-hydrogen) atoms. The fraction of sp³-hybridized carbons (Fsp3) is 0.875. The van der Waals surface area contributed by atoms with E-state index in [1.54, 1.807) is 0 Å². The lowest BCUT2D eigenvalue weighted by molar-refractivity contribution is -0.150. The quantitative estimate of drug-likeness (QED) is 0.544. The molecule has 0 aromatic heterocycles. The van der Waals surface area contributed by atoms with Gasteiger partial charge in [-0.2, -0.15) is 8.42 Å². The van der Waals surface area contributed by atoms with E-state index in [0.717, 1.165) is 13.5 Å². The molecule has 7 nitrogen and oxygen atoms in total. The summed E-state index contributed by atoms with van der Waals surface area (Å²) in [6.07, 6.45) is -0.0229. The monoisotopic (exact) mass is 366 g/mol. The first-order chi connectivity index (χ1) is 10.6. The Kier molecular flexibility index (Phi) is 7.89. The van der Waals surface area contributed by atoms with E-state index in [1.807, 2.05) is 20.8 Å². The highest BCUT2D eigenvalue weighted by Gasteiger charge is 2.37. The van der Waals surface area contributed by atoms with E-state index in [0.29, 0.717) is 0 Å². The van der Waals surface area contributed by atoms with Gasteiger partial charge >= 0.3 is 11.9 Å². The third-order valence-corrected chi connectivity index (χ3v) is 4.79. The molecule has 0 heterocycles. The molecule has 0 aromatic carbocycles. The minimum atomic E-state index is -4.76. The Morgan fingerprint density at radius 1 is 1.08 bits per heavy atom. The molecule has 142 valence electrons. The summed E-state index contributed by atoms with van der Waals surface area (Å²) in [6, 6.07) is 0. The van der Waals surface area contributed by atoms with Gasteiger partial charge in [0.1, 0.15) is 0 Å². The fourth-order valence-electron chi connectivity index (χ4n) is 2.17. The van der Waals surface area contributed by atoms with Gasteiger partial charge < -0.3 is 9.47 Å². The molecule has 0 fully saturated rings. The minimum Gasteiger partial charge on any atom is -0.469 e. The zero-order valence-electron chi connectivity index (χ0n) is 15.6. The fourth-order valence-corrected chi connectivity index (χ4v) is 2.83. The van der Waals surface area contributed by atoms with Crippen LogP contribution < -0.4 is 0 Å². The van der Waals surface area contributed by atoms with Gasteiger partial charge in [0.25, 0.3) is 10.1 Å². The van der Waals surface area contributed by atoms with Crippen molar-refractivity contribution >= 4 is 22.1 Å². The van der Waals surface area contributed by atoms with Crippen LogP contribution in [-0.4, -0.2) is 43.9 Å². The summed E-state index contributed by atoms with van der Waals surface area (Å²) in [5.74, 6) is -2.08. The standard InChI is InChI=1S/C16H30O7S/c1-15(2,3)9-11(16(4,5)6)10-23-14(18)12(24(19,20)21)8-13(17)22-7/h11-12H,8-10H2,1-7H3,(H,19,20,21). The number of esters is 2. The predicted molar refractivity (Wildman–Crippen MR) is 89.9 cm³/mol. The van der Waals surface area contributed by atoms with Gasteiger partial charge in [0.2, 0.25) is 0 Å². The number of hydrogen-bond donors (Lipinski definition) is 1. The molecule has 0 aliphatic carbocycles. The van der Waals surface area contributed by atoms with Gasteiger partial charge in [0.15, 0.2) is 5.25 Å². The van der Waals surface area contributed by atoms with E-state index < -0.39 is 33.7 Å².